The number of hydrogen-bond donors (Lipinski definition) is 2. The number of benzene rings is 1. The molecule has 2 N–H and O–H groups in total. The van der Waals surface area contributed by atoms with Crippen molar-refractivity contribution in [1.82, 2.24) is 15.2 Å². The van der Waals surface area contributed by atoms with Crippen molar-refractivity contribution >= 4 is 27.5 Å². The van der Waals surface area contributed by atoms with E-state index in [4.69, 9.17) is 0 Å². The zero-order valence-corrected chi connectivity index (χ0v) is 12.6. The van der Waals surface area contributed by atoms with Gasteiger partial charge in [-0.2, -0.15) is 5.10 Å². The minimum absolute atomic E-state index is 0.101. The van der Waals surface area contributed by atoms with Gasteiger partial charge in [0.2, 0.25) is 5.91 Å². The molecule has 0 aliphatic carbocycles. The zero-order chi connectivity index (χ0) is 14.0. The molecular formula is C13H15BrN4O. The summed E-state index contributed by atoms with van der Waals surface area (Å²) in [5.41, 5.74) is 1.58. The summed E-state index contributed by atoms with van der Waals surface area (Å²) in [7, 11) is 0. The summed E-state index contributed by atoms with van der Waals surface area (Å²) in [5.74, 6) is 1.27. The van der Waals surface area contributed by atoms with E-state index in [1.807, 2.05) is 31.2 Å². The lowest BCUT2D eigenvalue weighted by Crippen LogP contribution is -2.30. The SMILES string of the molecule is Cc1nc(-c2cccc(NC(=O)C(C)(C)Br)c2)n[nH]1. The number of nitrogens with zero attached hydrogens (tertiary/aromatic N) is 2. The Bertz CT molecular complexity index is 601. The number of nitrogens with one attached hydrogen (secondary N) is 2. The van der Waals surface area contributed by atoms with Crippen molar-refractivity contribution in [1.29, 1.82) is 0 Å². The third-order valence-electron chi connectivity index (χ3n) is 2.52. The summed E-state index contributed by atoms with van der Waals surface area (Å²) in [4.78, 5) is 16.2. The van der Waals surface area contributed by atoms with E-state index in [0.717, 1.165) is 17.1 Å². The van der Waals surface area contributed by atoms with Crippen LogP contribution in [0.15, 0.2) is 24.3 Å². The van der Waals surface area contributed by atoms with Crippen molar-refractivity contribution in [2.75, 3.05) is 5.32 Å². The number of aryl methyl sites for hydroxylation is 1. The molecule has 0 atom stereocenters. The van der Waals surface area contributed by atoms with E-state index in [1.54, 1.807) is 13.8 Å². The Balaban J connectivity index is 2.23. The average molecular weight is 323 g/mol. The Labute approximate surface area is 120 Å². The van der Waals surface area contributed by atoms with Crippen molar-refractivity contribution < 1.29 is 4.79 Å². The van der Waals surface area contributed by atoms with E-state index in [9.17, 15) is 4.79 Å². The molecule has 19 heavy (non-hydrogen) atoms. The molecule has 1 amide bonds. The zero-order valence-electron chi connectivity index (χ0n) is 11.0. The topological polar surface area (TPSA) is 70.7 Å². The second-order valence-electron chi connectivity index (χ2n) is 4.75. The summed E-state index contributed by atoms with van der Waals surface area (Å²) in [6, 6.07) is 7.44. The van der Waals surface area contributed by atoms with Crippen LogP contribution < -0.4 is 5.32 Å². The number of carbonyl (C=O) groups excluding carboxylic acids is 1. The third kappa shape index (κ3) is 3.41. The van der Waals surface area contributed by atoms with Crippen LogP contribution in [0.3, 0.4) is 0 Å². The Morgan fingerprint density at radius 1 is 1.42 bits per heavy atom. The summed E-state index contributed by atoms with van der Waals surface area (Å²) in [5, 5.41) is 9.74. The highest BCUT2D eigenvalue weighted by Crippen LogP contribution is 2.22. The van der Waals surface area contributed by atoms with Gasteiger partial charge in [-0.25, -0.2) is 4.98 Å². The molecule has 1 heterocycles. The molecule has 0 fully saturated rings. The summed E-state index contributed by atoms with van der Waals surface area (Å²) >= 11 is 3.33. The number of aromatic amines is 1. The summed E-state index contributed by atoms with van der Waals surface area (Å²) in [6.07, 6.45) is 0. The maximum Gasteiger partial charge on any atom is 0.240 e. The molecule has 0 bridgehead atoms. The van der Waals surface area contributed by atoms with Gasteiger partial charge >= 0.3 is 0 Å². The number of alkyl halides is 1. The monoisotopic (exact) mass is 322 g/mol. The summed E-state index contributed by atoms with van der Waals surface area (Å²) in [6.45, 7) is 5.44. The van der Waals surface area contributed by atoms with Gasteiger partial charge in [0.05, 0.1) is 4.32 Å². The Kier molecular flexibility index (Phi) is 3.71. The van der Waals surface area contributed by atoms with E-state index >= 15 is 0 Å². The van der Waals surface area contributed by atoms with Crippen LogP contribution in [0.2, 0.25) is 0 Å². The van der Waals surface area contributed by atoms with E-state index in [1.165, 1.54) is 0 Å². The van der Waals surface area contributed by atoms with Crippen LogP contribution >= 0.6 is 15.9 Å². The van der Waals surface area contributed by atoms with Gasteiger partial charge in [0.15, 0.2) is 5.82 Å². The van der Waals surface area contributed by atoms with Crippen LogP contribution in [0.4, 0.5) is 5.69 Å². The number of anilines is 1. The van der Waals surface area contributed by atoms with Crippen LogP contribution in [-0.2, 0) is 4.79 Å². The molecule has 0 radical (unpaired) electrons. The van der Waals surface area contributed by atoms with E-state index in [0.29, 0.717) is 5.82 Å². The molecule has 100 valence electrons. The number of H-pyrrole nitrogens is 1. The number of carbonyl (C=O) groups is 1. The van der Waals surface area contributed by atoms with Crippen molar-refractivity contribution in [3.63, 3.8) is 0 Å². The molecule has 6 heteroatoms. The molecule has 5 nitrogen and oxygen atoms in total. The van der Waals surface area contributed by atoms with E-state index in [-0.39, 0.29) is 5.91 Å². The lowest BCUT2D eigenvalue weighted by Gasteiger charge is -2.16. The molecule has 0 saturated heterocycles. The number of halogens is 1. The Morgan fingerprint density at radius 3 is 2.74 bits per heavy atom. The van der Waals surface area contributed by atoms with Crippen molar-refractivity contribution in [2.24, 2.45) is 0 Å². The second-order valence-corrected chi connectivity index (χ2v) is 6.73. The average Bonchev–Trinajstić information content (AvgIpc) is 2.75. The second kappa shape index (κ2) is 5.13. The normalized spacial score (nSPS) is 11.4. The number of hydrogen-bond acceptors (Lipinski definition) is 3. The van der Waals surface area contributed by atoms with Gasteiger partial charge in [0, 0.05) is 11.3 Å². The highest BCUT2D eigenvalue weighted by atomic mass is 79.9. The number of aromatic nitrogens is 3. The predicted octanol–water partition coefficient (Wildman–Crippen LogP) is 2.89. The first-order valence-electron chi connectivity index (χ1n) is 5.86. The maximum atomic E-state index is 11.9. The van der Waals surface area contributed by atoms with Gasteiger partial charge in [-0.1, -0.05) is 28.1 Å². The minimum Gasteiger partial charge on any atom is -0.325 e. The molecule has 1 aromatic heterocycles. The van der Waals surface area contributed by atoms with Gasteiger partial charge in [0.25, 0.3) is 0 Å². The highest BCUT2D eigenvalue weighted by molar-refractivity contribution is 9.10. The fourth-order valence-corrected chi connectivity index (χ4v) is 1.59. The van der Waals surface area contributed by atoms with Crippen LogP contribution in [0.5, 0.6) is 0 Å². The molecule has 2 aromatic rings. The quantitative estimate of drug-likeness (QED) is 0.853. The number of rotatable bonds is 3. The molecule has 0 saturated carbocycles. The van der Waals surface area contributed by atoms with Gasteiger partial charge < -0.3 is 5.32 Å². The third-order valence-corrected chi connectivity index (χ3v) is 2.88. The van der Waals surface area contributed by atoms with Crippen LogP contribution in [-0.4, -0.2) is 25.4 Å². The molecule has 0 spiro atoms. The van der Waals surface area contributed by atoms with Crippen LogP contribution in [0.1, 0.15) is 19.7 Å². The first-order chi connectivity index (χ1) is 8.86. The fraction of sp³-hybridized carbons (Fsp3) is 0.308. The molecule has 0 aliphatic heterocycles. The minimum atomic E-state index is -0.607. The van der Waals surface area contributed by atoms with Crippen LogP contribution in [0, 0.1) is 6.92 Å². The first-order valence-corrected chi connectivity index (χ1v) is 6.65. The predicted molar refractivity (Wildman–Crippen MR) is 78.2 cm³/mol. The molecule has 1 aromatic carbocycles. The standard InChI is InChI=1S/C13H15BrN4O/c1-8-15-11(18-17-8)9-5-4-6-10(7-9)16-12(19)13(2,3)14/h4-7H,1-3H3,(H,16,19)(H,15,17,18). The molecule has 0 unspecified atom stereocenters. The molecular weight excluding hydrogens is 308 g/mol. The summed E-state index contributed by atoms with van der Waals surface area (Å²) < 4.78 is -0.607. The number of amides is 1. The van der Waals surface area contributed by atoms with Crippen LogP contribution in [0.25, 0.3) is 11.4 Å². The van der Waals surface area contributed by atoms with Gasteiger partial charge in [-0.05, 0) is 32.9 Å². The Morgan fingerprint density at radius 2 is 2.16 bits per heavy atom. The Hall–Kier alpha value is -1.69. The van der Waals surface area contributed by atoms with Gasteiger partial charge in [-0.3, -0.25) is 9.89 Å². The first kappa shape index (κ1) is 13.7. The fourth-order valence-electron chi connectivity index (χ4n) is 1.49. The van der Waals surface area contributed by atoms with Gasteiger partial charge in [-0.15, -0.1) is 0 Å². The van der Waals surface area contributed by atoms with Crippen molar-refractivity contribution in [2.45, 2.75) is 25.1 Å². The van der Waals surface area contributed by atoms with Crippen molar-refractivity contribution in [3.8, 4) is 11.4 Å². The largest absolute Gasteiger partial charge is 0.325 e. The molecule has 0 aliphatic rings. The highest BCUT2D eigenvalue weighted by Gasteiger charge is 2.23. The van der Waals surface area contributed by atoms with Gasteiger partial charge in [0.1, 0.15) is 5.82 Å². The molecule has 2 rings (SSSR count). The van der Waals surface area contributed by atoms with E-state index < -0.39 is 4.32 Å². The van der Waals surface area contributed by atoms with Crippen molar-refractivity contribution in [3.05, 3.63) is 30.1 Å². The lowest BCUT2D eigenvalue weighted by atomic mass is 10.1. The lowest BCUT2D eigenvalue weighted by molar-refractivity contribution is -0.117. The smallest absolute Gasteiger partial charge is 0.240 e. The van der Waals surface area contributed by atoms with E-state index in [2.05, 4.69) is 36.4 Å². The maximum absolute atomic E-state index is 11.9.